The number of aliphatic imine (C=N–C) groups is 1. The van der Waals surface area contributed by atoms with E-state index in [1.807, 2.05) is 62.4 Å². The van der Waals surface area contributed by atoms with Crippen LogP contribution < -0.4 is 5.73 Å². The Morgan fingerprint density at radius 2 is 0.680 bits per heavy atom. The summed E-state index contributed by atoms with van der Waals surface area (Å²) in [6.45, 7) is 3.92. The van der Waals surface area contributed by atoms with Crippen LogP contribution >= 0.6 is 12.2 Å². The maximum atomic E-state index is 14.3. The number of isothiocyanates is 1. The third kappa shape index (κ3) is 7.05. The first-order valence-corrected chi connectivity index (χ1v) is 15.1. The van der Waals surface area contributed by atoms with Gasteiger partial charge in [-0.15, -0.1) is 0 Å². The van der Waals surface area contributed by atoms with Gasteiger partial charge in [-0.3, -0.25) is 0 Å². The first kappa shape index (κ1) is 35.7. The van der Waals surface area contributed by atoms with Crippen molar-refractivity contribution >= 4 is 28.8 Å². The number of nitrogens with two attached hydrogens (primary N) is 1. The van der Waals surface area contributed by atoms with Gasteiger partial charge in [0.05, 0.1) is 16.3 Å². The second-order valence-corrected chi connectivity index (χ2v) is 11.3. The van der Waals surface area contributed by atoms with Crippen molar-refractivity contribution in [2.75, 3.05) is 5.73 Å². The highest BCUT2D eigenvalue weighted by molar-refractivity contribution is 7.78. The van der Waals surface area contributed by atoms with Gasteiger partial charge >= 0.3 is 0 Å². The molecule has 6 aromatic carbocycles. The lowest BCUT2D eigenvalue weighted by molar-refractivity contribution is 0.462. The number of benzene rings is 6. The fourth-order valence-electron chi connectivity index (χ4n) is 5.07. The largest absolute Gasteiger partial charge is 0.394 e. The molecule has 0 aliphatic heterocycles. The van der Waals surface area contributed by atoms with Crippen LogP contribution in [-0.4, -0.2) is 5.16 Å². The zero-order valence-electron chi connectivity index (χ0n) is 26.2. The van der Waals surface area contributed by atoms with Crippen LogP contribution in [0.3, 0.4) is 0 Å². The van der Waals surface area contributed by atoms with Crippen molar-refractivity contribution in [1.29, 1.82) is 0 Å². The molecule has 6 rings (SSSR count). The number of nitrogen functional groups attached to an aromatic ring is 1. The Hall–Kier alpha value is -5.64. The van der Waals surface area contributed by atoms with Gasteiger partial charge in [0, 0.05) is 0 Å². The summed E-state index contributed by atoms with van der Waals surface area (Å²) in [6.07, 6.45) is 0. The number of nitrogens with zero attached hydrogens (tertiary/aromatic N) is 1. The van der Waals surface area contributed by atoms with Gasteiger partial charge in [-0.2, -0.15) is 4.99 Å². The van der Waals surface area contributed by atoms with Crippen LogP contribution in [0, 0.1) is 60.4 Å². The number of hydrogen-bond acceptors (Lipinski definition) is 3. The van der Waals surface area contributed by atoms with Crippen LogP contribution in [0.5, 0.6) is 0 Å². The van der Waals surface area contributed by atoms with E-state index in [4.69, 9.17) is 5.73 Å². The van der Waals surface area contributed by atoms with Crippen molar-refractivity contribution in [2.24, 2.45) is 4.99 Å². The molecule has 0 bridgehead atoms. The minimum atomic E-state index is -1.61. The summed E-state index contributed by atoms with van der Waals surface area (Å²) in [5, 5.41) is 1.70. The second-order valence-electron chi connectivity index (χ2n) is 11.1. The molecule has 0 atom stereocenters. The average molecular weight is 705 g/mol. The van der Waals surface area contributed by atoms with Crippen molar-refractivity contribution in [3.63, 3.8) is 0 Å². The summed E-state index contributed by atoms with van der Waals surface area (Å²) in [7, 11) is 0. The Bertz CT molecular complexity index is 2190. The quantitative estimate of drug-likeness (QED) is 0.0638. The molecule has 0 spiro atoms. The van der Waals surface area contributed by atoms with Crippen LogP contribution in [0.15, 0.2) is 102 Å². The molecule has 6 aromatic rings. The van der Waals surface area contributed by atoms with E-state index < -0.39 is 69.0 Å². The van der Waals surface area contributed by atoms with E-state index in [-0.39, 0.29) is 11.1 Å². The summed E-state index contributed by atoms with van der Waals surface area (Å²) in [6, 6.07) is 27.5. The van der Waals surface area contributed by atoms with Crippen molar-refractivity contribution in [1.82, 2.24) is 0 Å². The van der Waals surface area contributed by atoms with Crippen LogP contribution in [0.1, 0.15) is 11.1 Å². The third-order valence-electron chi connectivity index (χ3n) is 7.81. The van der Waals surface area contributed by atoms with Gasteiger partial charge in [0.2, 0.25) is 0 Å². The summed E-state index contributed by atoms with van der Waals surface area (Å²) in [5.41, 5.74) is 6.84. The Kier molecular flexibility index (Phi) is 10.6. The molecular formula is C39H24F8N2S. The Morgan fingerprint density at radius 1 is 0.420 bits per heavy atom. The first-order valence-electron chi connectivity index (χ1n) is 14.7. The third-order valence-corrected chi connectivity index (χ3v) is 7.90. The number of aryl methyl sites for hydroxylation is 2. The van der Waals surface area contributed by atoms with Gasteiger partial charge < -0.3 is 5.73 Å². The molecule has 2 nitrogen and oxygen atoms in total. The van der Waals surface area contributed by atoms with E-state index in [9.17, 15) is 35.1 Å². The molecule has 2 N–H and O–H groups in total. The maximum absolute atomic E-state index is 14.3. The van der Waals surface area contributed by atoms with Gasteiger partial charge in [0.25, 0.3) is 0 Å². The number of halogens is 8. The summed E-state index contributed by atoms with van der Waals surface area (Å²) < 4.78 is 112. The Balaban J connectivity index is 0.000000195. The van der Waals surface area contributed by atoms with Crippen molar-refractivity contribution in [2.45, 2.75) is 13.8 Å². The smallest absolute Gasteiger partial charge is 0.189 e. The van der Waals surface area contributed by atoms with Gasteiger partial charge in [-0.1, -0.05) is 108 Å². The fraction of sp³-hybridized carbons (Fsp3) is 0.0513. The monoisotopic (exact) mass is 704 g/mol. The normalized spacial score (nSPS) is 10.7. The molecule has 0 aromatic heterocycles. The molecule has 252 valence electrons. The van der Waals surface area contributed by atoms with E-state index in [1.54, 1.807) is 29.4 Å². The molecule has 0 radical (unpaired) electrons. The molecule has 0 aliphatic carbocycles. The van der Waals surface area contributed by atoms with Gasteiger partial charge in [-0.25, -0.2) is 35.1 Å². The highest BCUT2D eigenvalue weighted by Crippen LogP contribution is 2.37. The molecule has 50 heavy (non-hydrogen) atoms. The van der Waals surface area contributed by atoms with E-state index >= 15 is 0 Å². The lowest BCUT2D eigenvalue weighted by Crippen LogP contribution is -2.05. The number of rotatable bonds is 5. The summed E-state index contributed by atoms with van der Waals surface area (Å²) in [4.78, 5) is 3.06. The van der Waals surface area contributed by atoms with Gasteiger partial charge in [0.15, 0.2) is 52.2 Å². The molecule has 0 saturated heterocycles. The lowest BCUT2D eigenvalue weighted by Gasteiger charge is -2.10. The molecule has 0 heterocycles. The fourth-order valence-corrected chi connectivity index (χ4v) is 5.16. The van der Waals surface area contributed by atoms with Crippen molar-refractivity contribution in [3.8, 4) is 44.5 Å². The molecule has 0 amide bonds. The number of thiocarbonyl (C=S) groups is 1. The van der Waals surface area contributed by atoms with E-state index in [0.717, 1.165) is 33.4 Å². The van der Waals surface area contributed by atoms with Crippen LogP contribution in [0.4, 0.5) is 46.5 Å². The van der Waals surface area contributed by atoms with Crippen molar-refractivity contribution < 1.29 is 35.1 Å². The summed E-state index contributed by atoms with van der Waals surface area (Å²) >= 11 is 4.24. The van der Waals surface area contributed by atoms with E-state index in [2.05, 4.69) is 17.2 Å². The van der Waals surface area contributed by atoms with Crippen LogP contribution in [0.2, 0.25) is 0 Å². The highest BCUT2D eigenvalue weighted by atomic mass is 32.1. The zero-order chi connectivity index (χ0) is 36.3. The first-order chi connectivity index (χ1) is 23.8. The van der Waals surface area contributed by atoms with E-state index in [1.165, 1.54) is 24.3 Å². The predicted molar refractivity (Wildman–Crippen MR) is 183 cm³/mol. The van der Waals surface area contributed by atoms with Gasteiger partial charge in [0.1, 0.15) is 5.69 Å². The molecule has 0 unspecified atom stereocenters. The Morgan fingerprint density at radius 3 is 0.980 bits per heavy atom. The maximum Gasteiger partial charge on any atom is 0.189 e. The lowest BCUT2D eigenvalue weighted by atomic mass is 9.98. The second kappa shape index (κ2) is 14.9. The average Bonchev–Trinajstić information content (AvgIpc) is 3.13. The number of hydrogen-bond donors (Lipinski definition) is 1. The topological polar surface area (TPSA) is 38.4 Å². The zero-order valence-corrected chi connectivity index (χ0v) is 27.0. The standard InChI is InChI=1S/C20H11F4NS.C19H13F4N/c1-11-2-4-12(5-3-11)13-6-8-14(9-7-13)15-16(21)18(23)20(25-10-26)19(24)17(15)22;1-10-2-4-11(5-3-10)12-6-8-13(9-7-12)14-15(20)17(22)19(24)18(23)16(14)21/h2-9H,1H3;2-9H,24H2,1H3. The van der Waals surface area contributed by atoms with Gasteiger partial charge in [-0.05, 0) is 59.4 Å². The highest BCUT2D eigenvalue weighted by Gasteiger charge is 2.27. The van der Waals surface area contributed by atoms with Crippen molar-refractivity contribution in [3.05, 3.63) is 155 Å². The van der Waals surface area contributed by atoms with Crippen LogP contribution in [0.25, 0.3) is 44.5 Å². The molecular weight excluding hydrogens is 680 g/mol. The minimum absolute atomic E-state index is 0.00606. The number of anilines is 1. The molecule has 11 heteroatoms. The summed E-state index contributed by atoms with van der Waals surface area (Å²) in [5.74, 6) is -12.5. The van der Waals surface area contributed by atoms with E-state index in [0.29, 0.717) is 0 Å². The SMILES string of the molecule is Cc1ccc(-c2ccc(-c3c(F)c(F)c(N)c(F)c3F)cc2)cc1.Cc1ccc(-c2ccc(-c3c(F)c(F)c(N=C=S)c(F)c3F)cc2)cc1. The molecule has 0 saturated carbocycles. The molecule has 0 fully saturated rings. The van der Waals surface area contributed by atoms with Crippen LogP contribution in [-0.2, 0) is 0 Å². The minimum Gasteiger partial charge on any atom is -0.394 e. The predicted octanol–water partition coefficient (Wildman–Crippen LogP) is 12.1. The molecule has 0 aliphatic rings. The Labute approximate surface area is 287 Å².